The summed E-state index contributed by atoms with van der Waals surface area (Å²) in [6.45, 7) is 47.4. The minimum Gasteiger partial charge on any atom is -0.129 e. The van der Waals surface area contributed by atoms with Gasteiger partial charge in [-0.15, -0.1) is 11.5 Å². The van der Waals surface area contributed by atoms with Gasteiger partial charge >= 0.3 is 0 Å². The summed E-state index contributed by atoms with van der Waals surface area (Å²) in [6, 6.07) is 19.7. The second-order valence-electron chi connectivity index (χ2n) is 20.6. The molecule has 0 nitrogen and oxygen atoms in total. The number of aryl methyl sites for hydroxylation is 12. The molecule has 4 aromatic carbocycles. The lowest BCUT2D eigenvalue weighted by Crippen LogP contribution is -2.89. The molecule has 1 aliphatic heterocycles. The van der Waals surface area contributed by atoms with Gasteiger partial charge in [0.15, 0.2) is 16.1 Å². The Bertz CT molecular complexity index is 1990. The van der Waals surface area contributed by atoms with Crippen LogP contribution in [0.2, 0.25) is 0 Å². The van der Waals surface area contributed by atoms with Crippen LogP contribution >= 0.6 is 0 Å². The first kappa shape index (κ1) is 43.5. The summed E-state index contributed by atoms with van der Waals surface area (Å²) in [5.41, 5.74) is 28.7. The Kier molecular flexibility index (Phi) is 11.9. The Balaban J connectivity index is 2.34. The standard InChI is InChI=1S/C54H72Si2/c1-33-21-39(7)49(40(8)22-33)55(50-41(9)23-34(2)24-42(50)10)47(29-37(5)31-53(15,16)17)56(48(55)30-38(6)32-54(18,19)20,51-43(11)25-35(3)26-44(51)12)52-45(13)27-36(4)28-46(52)14/h21-28H,31-32H2,1-20H3. The van der Waals surface area contributed by atoms with Gasteiger partial charge in [0.25, 0.3) is 0 Å². The molecule has 1 aliphatic rings. The molecule has 1 heterocycles. The van der Waals surface area contributed by atoms with Crippen LogP contribution in [0.1, 0.15) is 135 Å². The van der Waals surface area contributed by atoms with Crippen molar-refractivity contribution < 1.29 is 0 Å². The molecule has 296 valence electrons. The Morgan fingerprint density at radius 3 is 0.714 bits per heavy atom. The third kappa shape index (κ3) is 7.68. The summed E-state index contributed by atoms with van der Waals surface area (Å²) in [7, 11) is -6.09. The molecule has 0 aromatic heterocycles. The first-order valence-corrected chi connectivity index (χ1v) is 25.0. The van der Waals surface area contributed by atoms with Gasteiger partial charge in [0.05, 0.1) is 0 Å². The van der Waals surface area contributed by atoms with Crippen molar-refractivity contribution in [2.75, 3.05) is 0 Å². The van der Waals surface area contributed by atoms with E-state index in [1.165, 1.54) is 77.9 Å². The van der Waals surface area contributed by atoms with E-state index < -0.39 is 16.1 Å². The zero-order valence-electron chi connectivity index (χ0n) is 39.0. The van der Waals surface area contributed by atoms with Crippen molar-refractivity contribution in [1.82, 2.24) is 0 Å². The number of hydrogen-bond acceptors (Lipinski definition) is 0. The van der Waals surface area contributed by atoms with Gasteiger partial charge in [0.2, 0.25) is 0 Å². The summed E-state index contributed by atoms with van der Waals surface area (Å²) in [4.78, 5) is 3.24. The summed E-state index contributed by atoms with van der Waals surface area (Å²) in [5, 5.41) is 6.23. The average Bonchev–Trinajstić information content (AvgIpc) is 2.98. The van der Waals surface area contributed by atoms with E-state index in [0.717, 1.165) is 12.8 Å². The molecule has 1 fully saturated rings. The highest BCUT2D eigenvalue weighted by Crippen LogP contribution is 2.51. The smallest absolute Gasteiger partial charge is 0.129 e. The second kappa shape index (κ2) is 15.3. The maximum atomic E-state index is 4.56. The largest absolute Gasteiger partial charge is 0.182 e. The lowest BCUT2D eigenvalue weighted by atomic mass is 9.89. The fourth-order valence-corrected chi connectivity index (χ4v) is 29.6. The van der Waals surface area contributed by atoms with E-state index in [-0.39, 0.29) is 10.8 Å². The topological polar surface area (TPSA) is 0 Å². The molecule has 56 heavy (non-hydrogen) atoms. The van der Waals surface area contributed by atoms with Crippen LogP contribution in [-0.4, -0.2) is 16.1 Å². The van der Waals surface area contributed by atoms with Crippen molar-refractivity contribution in [2.24, 2.45) is 10.8 Å². The van der Waals surface area contributed by atoms with E-state index in [4.69, 9.17) is 0 Å². The molecule has 0 amide bonds. The molecule has 0 atom stereocenters. The minimum atomic E-state index is -3.04. The molecule has 0 N–H and O–H groups in total. The first-order valence-electron chi connectivity index (χ1n) is 21.0. The maximum Gasteiger partial charge on any atom is 0.182 e. The van der Waals surface area contributed by atoms with Crippen LogP contribution in [0.15, 0.2) is 80.8 Å². The predicted octanol–water partition coefficient (Wildman–Crippen LogP) is 12.2. The van der Waals surface area contributed by atoms with Crippen molar-refractivity contribution in [1.29, 1.82) is 0 Å². The molecule has 0 radical (unpaired) electrons. The fourth-order valence-electron chi connectivity index (χ4n) is 11.6. The Morgan fingerprint density at radius 1 is 0.375 bits per heavy atom. The van der Waals surface area contributed by atoms with Crippen molar-refractivity contribution in [3.63, 3.8) is 0 Å². The molecule has 5 rings (SSSR count). The quantitative estimate of drug-likeness (QED) is 0.135. The van der Waals surface area contributed by atoms with E-state index >= 15 is 0 Å². The van der Waals surface area contributed by atoms with E-state index in [2.05, 4.69) is 198 Å². The highest BCUT2D eigenvalue weighted by atomic mass is 28.5. The highest BCUT2D eigenvalue weighted by molar-refractivity contribution is 7.47. The van der Waals surface area contributed by atoms with Gasteiger partial charge in [0.1, 0.15) is 0 Å². The summed E-state index contributed by atoms with van der Waals surface area (Å²) in [5.74, 6) is 0. The Morgan fingerprint density at radius 2 is 0.554 bits per heavy atom. The minimum absolute atomic E-state index is 0.133. The molecular weight excluding hydrogens is 705 g/mol. The Hall–Kier alpha value is -3.65. The summed E-state index contributed by atoms with van der Waals surface area (Å²) < 4.78 is 0. The molecule has 0 aliphatic carbocycles. The van der Waals surface area contributed by atoms with Crippen molar-refractivity contribution in [2.45, 2.75) is 151 Å². The lowest BCUT2D eigenvalue weighted by molar-refractivity contribution is 0.409. The monoisotopic (exact) mass is 777 g/mol. The van der Waals surface area contributed by atoms with Crippen LogP contribution in [0.4, 0.5) is 0 Å². The van der Waals surface area contributed by atoms with Crippen LogP contribution in [-0.2, 0) is 0 Å². The lowest BCUT2D eigenvalue weighted by Gasteiger charge is -2.60. The third-order valence-corrected chi connectivity index (χ3v) is 26.1. The summed E-state index contributed by atoms with van der Waals surface area (Å²) in [6.07, 6.45) is 2.00. The van der Waals surface area contributed by atoms with Gasteiger partial charge in [-0.1, -0.05) is 157 Å². The van der Waals surface area contributed by atoms with Gasteiger partial charge in [-0.05, 0) is 162 Å². The van der Waals surface area contributed by atoms with Crippen LogP contribution in [0, 0.1) is 93.9 Å². The number of benzene rings is 4. The van der Waals surface area contributed by atoms with Gasteiger partial charge in [0, 0.05) is 0 Å². The van der Waals surface area contributed by atoms with Crippen LogP contribution < -0.4 is 20.7 Å². The van der Waals surface area contributed by atoms with Crippen molar-refractivity contribution >= 4 is 36.9 Å². The van der Waals surface area contributed by atoms with E-state index in [9.17, 15) is 0 Å². The average molecular weight is 777 g/mol. The number of hydrogen-bond donors (Lipinski definition) is 0. The second-order valence-corrected chi connectivity index (χ2v) is 28.6. The molecule has 0 bridgehead atoms. The zero-order valence-corrected chi connectivity index (χ0v) is 41.0. The van der Waals surface area contributed by atoms with E-state index in [1.807, 2.05) is 0 Å². The third-order valence-electron chi connectivity index (χ3n) is 12.0. The van der Waals surface area contributed by atoms with Gasteiger partial charge in [-0.2, -0.15) is 0 Å². The fraction of sp³-hybridized carbons (Fsp3) is 0.444. The van der Waals surface area contributed by atoms with Crippen LogP contribution in [0.25, 0.3) is 0 Å². The highest BCUT2D eigenvalue weighted by Gasteiger charge is 2.72. The molecule has 2 heteroatoms. The van der Waals surface area contributed by atoms with Gasteiger partial charge in [-0.25, -0.2) is 0 Å². The predicted molar refractivity (Wildman–Crippen MR) is 253 cm³/mol. The molecule has 0 unspecified atom stereocenters. The summed E-state index contributed by atoms with van der Waals surface area (Å²) >= 11 is 0. The van der Waals surface area contributed by atoms with E-state index in [0.29, 0.717) is 0 Å². The molecule has 0 spiro atoms. The zero-order chi connectivity index (χ0) is 42.0. The normalized spacial score (nSPS) is 15.0. The van der Waals surface area contributed by atoms with E-state index in [1.54, 1.807) is 30.4 Å². The van der Waals surface area contributed by atoms with Crippen LogP contribution in [0.5, 0.6) is 0 Å². The van der Waals surface area contributed by atoms with Gasteiger partial charge < -0.3 is 0 Å². The van der Waals surface area contributed by atoms with Crippen LogP contribution in [0.3, 0.4) is 0 Å². The maximum absolute atomic E-state index is 4.56. The number of rotatable bonds is 6. The molecule has 1 saturated heterocycles. The van der Waals surface area contributed by atoms with Crippen molar-refractivity contribution in [3.05, 3.63) is 148 Å². The van der Waals surface area contributed by atoms with Gasteiger partial charge in [-0.3, -0.25) is 0 Å². The molecular formula is C54H72Si2. The number of allylic oxidation sites excluding steroid dienone is 2. The first-order chi connectivity index (χ1) is 25.7. The van der Waals surface area contributed by atoms with Crippen molar-refractivity contribution in [3.8, 4) is 0 Å². The SMILES string of the molecule is CC(=C=C1[Si](c2c(C)cc(C)cc2C)(c2c(C)cc(C)cc2C)C(=C=C(C)CC(C)(C)C)[Si]1(c1c(C)cc(C)cc1C)c1c(C)cc(C)cc1C)CC(C)(C)C. The molecule has 4 aromatic rings. The molecule has 0 saturated carbocycles. The Labute approximate surface area is 345 Å².